The normalized spacial score (nSPS) is 17.3. The first-order valence-electron chi connectivity index (χ1n) is 5.48. The molecule has 1 aliphatic rings. The van der Waals surface area contributed by atoms with Crippen molar-refractivity contribution in [1.29, 1.82) is 0 Å². The van der Waals surface area contributed by atoms with Gasteiger partial charge in [0.25, 0.3) is 5.91 Å². The molecule has 0 aromatic heterocycles. The summed E-state index contributed by atoms with van der Waals surface area (Å²) in [6.45, 7) is -0.140. The van der Waals surface area contributed by atoms with E-state index in [0.717, 1.165) is 12.5 Å². The van der Waals surface area contributed by atoms with Crippen molar-refractivity contribution in [3.63, 3.8) is 0 Å². The number of halogens is 1. The van der Waals surface area contributed by atoms with Crippen LogP contribution in [0.3, 0.4) is 0 Å². The SMILES string of the molecule is O=C(NC1(CO)CCC1)c1ccc(O)cc1F. The standard InChI is InChI=1S/C12H14FNO3/c13-10-6-8(16)2-3-9(10)11(17)14-12(7-15)4-1-5-12/h2-3,6,15-16H,1,4-5,7H2,(H,14,17). The lowest BCUT2D eigenvalue weighted by Gasteiger charge is -2.40. The van der Waals surface area contributed by atoms with Crippen molar-refractivity contribution in [2.75, 3.05) is 6.61 Å². The summed E-state index contributed by atoms with van der Waals surface area (Å²) in [5.41, 5.74) is -0.718. The van der Waals surface area contributed by atoms with Crippen LogP contribution in [0.2, 0.25) is 0 Å². The summed E-state index contributed by atoms with van der Waals surface area (Å²) >= 11 is 0. The summed E-state index contributed by atoms with van der Waals surface area (Å²) in [4.78, 5) is 11.8. The van der Waals surface area contributed by atoms with E-state index in [1.165, 1.54) is 12.1 Å². The first-order valence-corrected chi connectivity index (χ1v) is 5.48. The molecule has 1 aromatic carbocycles. The Morgan fingerprint density at radius 3 is 2.65 bits per heavy atom. The molecule has 17 heavy (non-hydrogen) atoms. The molecule has 0 aliphatic heterocycles. The molecular weight excluding hydrogens is 225 g/mol. The third-order valence-corrected chi connectivity index (χ3v) is 3.19. The Balaban J connectivity index is 2.14. The molecule has 1 fully saturated rings. The zero-order valence-electron chi connectivity index (χ0n) is 9.24. The molecule has 1 aliphatic carbocycles. The monoisotopic (exact) mass is 239 g/mol. The van der Waals surface area contributed by atoms with E-state index in [1.807, 2.05) is 0 Å². The van der Waals surface area contributed by atoms with Gasteiger partial charge in [-0.2, -0.15) is 0 Å². The summed E-state index contributed by atoms with van der Waals surface area (Å²) in [5.74, 6) is -1.55. The zero-order valence-corrected chi connectivity index (χ0v) is 9.24. The van der Waals surface area contributed by atoms with Crippen molar-refractivity contribution in [2.45, 2.75) is 24.8 Å². The van der Waals surface area contributed by atoms with Crippen LogP contribution in [0.4, 0.5) is 4.39 Å². The predicted octanol–water partition coefficient (Wildman–Crippen LogP) is 1.18. The van der Waals surface area contributed by atoms with Crippen LogP contribution in [0.15, 0.2) is 18.2 Å². The molecular formula is C12H14FNO3. The molecule has 92 valence electrons. The Hall–Kier alpha value is -1.62. The average Bonchev–Trinajstić information content (AvgIpc) is 2.23. The number of phenols is 1. The van der Waals surface area contributed by atoms with Crippen molar-refractivity contribution in [1.82, 2.24) is 5.32 Å². The summed E-state index contributed by atoms with van der Waals surface area (Å²) in [5, 5.41) is 20.9. The van der Waals surface area contributed by atoms with Crippen LogP contribution >= 0.6 is 0 Å². The summed E-state index contributed by atoms with van der Waals surface area (Å²) in [6, 6.07) is 3.37. The number of aliphatic hydroxyl groups is 1. The number of nitrogens with one attached hydrogen (secondary N) is 1. The summed E-state index contributed by atoms with van der Waals surface area (Å²) < 4.78 is 13.4. The molecule has 0 heterocycles. The smallest absolute Gasteiger partial charge is 0.254 e. The van der Waals surface area contributed by atoms with Crippen molar-refractivity contribution >= 4 is 5.91 Å². The fourth-order valence-corrected chi connectivity index (χ4v) is 1.92. The second-order valence-corrected chi connectivity index (χ2v) is 4.41. The van der Waals surface area contributed by atoms with Gasteiger partial charge in [0.2, 0.25) is 0 Å². The first-order chi connectivity index (χ1) is 8.06. The number of benzene rings is 1. The Morgan fingerprint density at radius 2 is 2.18 bits per heavy atom. The largest absolute Gasteiger partial charge is 0.508 e. The van der Waals surface area contributed by atoms with Gasteiger partial charge in [-0.25, -0.2) is 4.39 Å². The highest BCUT2D eigenvalue weighted by Gasteiger charge is 2.38. The van der Waals surface area contributed by atoms with Gasteiger partial charge in [-0.1, -0.05) is 0 Å². The lowest BCUT2D eigenvalue weighted by atomic mass is 9.77. The molecule has 4 nitrogen and oxygen atoms in total. The van der Waals surface area contributed by atoms with E-state index >= 15 is 0 Å². The second kappa shape index (κ2) is 4.33. The van der Waals surface area contributed by atoms with Crippen molar-refractivity contribution in [3.8, 4) is 5.75 Å². The van der Waals surface area contributed by atoms with Gasteiger partial charge in [-0.15, -0.1) is 0 Å². The van der Waals surface area contributed by atoms with Crippen LogP contribution in [-0.4, -0.2) is 28.3 Å². The zero-order chi connectivity index (χ0) is 12.5. The molecule has 0 radical (unpaired) electrons. The minimum atomic E-state index is -0.769. The maximum Gasteiger partial charge on any atom is 0.254 e. The number of aromatic hydroxyl groups is 1. The number of hydrogen-bond acceptors (Lipinski definition) is 3. The Morgan fingerprint density at radius 1 is 1.47 bits per heavy atom. The number of rotatable bonds is 3. The van der Waals surface area contributed by atoms with Gasteiger partial charge in [-0.05, 0) is 31.4 Å². The highest BCUT2D eigenvalue weighted by atomic mass is 19.1. The number of aliphatic hydroxyl groups excluding tert-OH is 1. The van der Waals surface area contributed by atoms with Gasteiger partial charge in [0.05, 0.1) is 17.7 Å². The van der Waals surface area contributed by atoms with Crippen molar-refractivity contribution in [2.24, 2.45) is 0 Å². The van der Waals surface area contributed by atoms with Gasteiger partial charge in [0, 0.05) is 6.07 Å². The number of carbonyl (C=O) groups excluding carboxylic acids is 1. The lowest BCUT2D eigenvalue weighted by molar-refractivity contribution is 0.0638. The molecule has 0 bridgehead atoms. The van der Waals surface area contributed by atoms with Gasteiger partial charge in [0.15, 0.2) is 0 Å². The van der Waals surface area contributed by atoms with E-state index in [4.69, 9.17) is 5.11 Å². The van der Waals surface area contributed by atoms with Crippen molar-refractivity contribution in [3.05, 3.63) is 29.6 Å². The van der Waals surface area contributed by atoms with Crippen LogP contribution in [0.1, 0.15) is 29.6 Å². The summed E-state index contributed by atoms with van der Waals surface area (Å²) in [6.07, 6.45) is 2.35. The molecule has 0 atom stereocenters. The molecule has 0 saturated heterocycles. The van der Waals surface area contributed by atoms with Crippen LogP contribution in [-0.2, 0) is 0 Å². The van der Waals surface area contributed by atoms with E-state index < -0.39 is 17.3 Å². The van der Waals surface area contributed by atoms with E-state index in [9.17, 15) is 14.3 Å². The van der Waals surface area contributed by atoms with E-state index in [2.05, 4.69) is 5.32 Å². The van der Waals surface area contributed by atoms with Gasteiger partial charge in [-0.3, -0.25) is 4.79 Å². The molecule has 0 spiro atoms. The van der Waals surface area contributed by atoms with E-state index in [-0.39, 0.29) is 17.9 Å². The van der Waals surface area contributed by atoms with Crippen molar-refractivity contribution < 1.29 is 19.4 Å². The van der Waals surface area contributed by atoms with E-state index in [0.29, 0.717) is 12.8 Å². The molecule has 0 unspecified atom stereocenters. The third kappa shape index (κ3) is 2.24. The highest BCUT2D eigenvalue weighted by Crippen LogP contribution is 2.31. The Bertz CT molecular complexity index is 438. The molecule has 1 saturated carbocycles. The number of hydrogen-bond donors (Lipinski definition) is 3. The fraction of sp³-hybridized carbons (Fsp3) is 0.417. The maximum atomic E-state index is 13.4. The third-order valence-electron chi connectivity index (χ3n) is 3.19. The fourth-order valence-electron chi connectivity index (χ4n) is 1.92. The molecule has 2 rings (SSSR count). The van der Waals surface area contributed by atoms with Gasteiger partial charge < -0.3 is 15.5 Å². The maximum absolute atomic E-state index is 13.4. The summed E-state index contributed by atoms with van der Waals surface area (Å²) in [7, 11) is 0. The number of phenolic OH excluding ortho intramolecular Hbond substituents is 1. The quantitative estimate of drug-likeness (QED) is 0.741. The molecule has 1 amide bonds. The number of amides is 1. The highest BCUT2D eigenvalue weighted by molar-refractivity contribution is 5.95. The van der Waals surface area contributed by atoms with Gasteiger partial charge in [0.1, 0.15) is 11.6 Å². The van der Waals surface area contributed by atoms with Crippen LogP contribution in [0, 0.1) is 5.82 Å². The minimum Gasteiger partial charge on any atom is -0.508 e. The molecule has 5 heteroatoms. The Kier molecular flexibility index (Phi) is 3.02. The Labute approximate surface area is 98.1 Å². The molecule has 1 aromatic rings. The first kappa shape index (κ1) is 11.9. The molecule has 3 N–H and O–H groups in total. The minimum absolute atomic E-state index is 0.123. The second-order valence-electron chi connectivity index (χ2n) is 4.41. The van der Waals surface area contributed by atoms with Crippen LogP contribution in [0.25, 0.3) is 0 Å². The topological polar surface area (TPSA) is 69.6 Å². The van der Waals surface area contributed by atoms with Crippen LogP contribution < -0.4 is 5.32 Å². The predicted molar refractivity (Wildman–Crippen MR) is 59.2 cm³/mol. The van der Waals surface area contributed by atoms with Crippen LogP contribution in [0.5, 0.6) is 5.75 Å². The van der Waals surface area contributed by atoms with Gasteiger partial charge >= 0.3 is 0 Å². The number of carbonyl (C=O) groups is 1. The van der Waals surface area contributed by atoms with E-state index in [1.54, 1.807) is 0 Å². The average molecular weight is 239 g/mol. The lowest BCUT2D eigenvalue weighted by Crippen LogP contribution is -2.56.